The smallest absolute Gasteiger partial charge is 0.269 e. The highest BCUT2D eigenvalue weighted by atomic mass is 35.5. The number of halogens is 1. The van der Waals surface area contributed by atoms with Crippen molar-refractivity contribution in [3.63, 3.8) is 0 Å². The van der Waals surface area contributed by atoms with Gasteiger partial charge in [-0.15, -0.1) is 0 Å². The molecule has 6 heteroatoms. The molecule has 1 amide bonds. The van der Waals surface area contributed by atoms with Gasteiger partial charge < -0.3 is 15.0 Å². The number of ether oxygens (including phenoxy) is 1. The molecule has 0 unspecified atom stereocenters. The maximum absolute atomic E-state index is 12.8. The predicted octanol–water partition coefficient (Wildman–Crippen LogP) is 4.88. The molecule has 4 nitrogen and oxygen atoms in total. The van der Waals surface area contributed by atoms with Crippen LogP contribution < -0.4 is 5.32 Å². The van der Waals surface area contributed by atoms with Crippen molar-refractivity contribution in [2.75, 3.05) is 13.2 Å². The van der Waals surface area contributed by atoms with E-state index in [4.69, 9.17) is 16.3 Å². The van der Waals surface area contributed by atoms with E-state index in [1.165, 1.54) is 0 Å². The summed E-state index contributed by atoms with van der Waals surface area (Å²) >= 11 is 7.55. The molecule has 134 valence electrons. The van der Waals surface area contributed by atoms with Crippen LogP contribution in [0.4, 0.5) is 0 Å². The Kier molecular flexibility index (Phi) is 5.20. The standard InChI is InChI=1S/C20H19ClN2O2S/c21-13-7-9-15(10-8-13)26-19-16-5-1-2-6-17(16)23-18(19)20(24)22-12-14-4-3-11-25-14/h1-2,5-10,14,23H,3-4,11-12H2,(H,22,24)/t14-/m1/s1. The Balaban J connectivity index is 1.62. The van der Waals surface area contributed by atoms with Crippen LogP contribution in [0.15, 0.2) is 58.3 Å². The van der Waals surface area contributed by atoms with Gasteiger partial charge in [-0.2, -0.15) is 0 Å². The van der Waals surface area contributed by atoms with E-state index in [-0.39, 0.29) is 12.0 Å². The Morgan fingerprint density at radius 3 is 2.81 bits per heavy atom. The highest BCUT2D eigenvalue weighted by molar-refractivity contribution is 7.99. The highest BCUT2D eigenvalue weighted by Crippen LogP contribution is 2.37. The van der Waals surface area contributed by atoms with Crippen molar-refractivity contribution in [1.82, 2.24) is 10.3 Å². The van der Waals surface area contributed by atoms with E-state index in [0.29, 0.717) is 17.3 Å². The van der Waals surface area contributed by atoms with Gasteiger partial charge in [-0.1, -0.05) is 41.6 Å². The summed E-state index contributed by atoms with van der Waals surface area (Å²) in [5.74, 6) is -0.104. The maximum Gasteiger partial charge on any atom is 0.269 e. The fraction of sp³-hybridized carbons (Fsp3) is 0.250. The number of hydrogen-bond donors (Lipinski definition) is 2. The van der Waals surface area contributed by atoms with Gasteiger partial charge in [-0.3, -0.25) is 4.79 Å². The van der Waals surface area contributed by atoms with Crippen LogP contribution in [0.2, 0.25) is 5.02 Å². The summed E-state index contributed by atoms with van der Waals surface area (Å²) in [6, 6.07) is 15.6. The Hall–Kier alpha value is -1.95. The molecule has 2 aromatic carbocycles. The Morgan fingerprint density at radius 2 is 2.04 bits per heavy atom. The Bertz CT molecular complexity index is 917. The molecule has 0 spiro atoms. The summed E-state index contributed by atoms with van der Waals surface area (Å²) in [7, 11) is 0. The molecule has 1 fully saturated rings. The summed E-state index contributed by atoms with van der Waals surface area (Å²) in [6.45, 7) is 1.32. The number of fused-ring (bicyclic) bond motifs is 1. The van der Waals surface area contributed by atoms with E-state index in [0.717, 1.165) is 40.1 Å². The monoisotopic (exact) mass is 386 g/mol. The van der Waals surface area contributed by atoms with E-state index in [1.807, 2.05) is 48.5 Å². The topological polar surface area (TPSA) is 54.1 Å². The third-order valence-electron chi connectivity index (χ3n) is 4.43. The molecule has 3 aromatic rings. The fourth-order valence-electron chi connectivity index (χ4n) is 3.10. The lowest BCUT2D eigenvalue weighted by Crippen LogP contribution is -2.32. The zero-order valence-corrected chi connectivity index (χ0v) is 15.7. The molecule has 1 aliphatic heterocycles. The zero-order chi connectivity index (χ0) is 17.9. The van der Waals surface area contributed by atoms with Gasteiger partial charge in [0, 0.05) is 34.0 Å². The normalized spacial score (nSPS) is 16.9. The van der Waals surface area contributed by atoms with Crippen LogP contribution in [0.3, 0.4) is 0 Å². The van der Waals surface area contributed by atoms with Crippen molar-refractivity contribution < 1.29 is 9.53 Å². The van der Waals surface area contributed by atoms with Crippen molar-refractivity contribution in [3.05, 3.63) is 59.2 Å². The van der Waals surface area contributed by atoms with Crippen LogP contribution in [-0.4, -0.2) is 30.1 Å². The molecule has 1 saturated heterocycles. The van der Waals surface area contributed by atoms with E-state index in [2.05, 4.69) is 10.3 Å². The number of hydrogen-bond acceptors (Lipinski definition) is 3. The second kappa shape index (κ2) is 7.74. The molecule has 1 aliphatic rings. The molecule has 0 bridgehead atoms. The van der Waals surface area contributed by atoms with Gasteiger partial charge >= 0.3 is 0 Å². The summed E-state index contributed by atoms with van der Waals surface area (Å²) in [5, 5.41) is 4.74. The molecule has 4 rings (SSSR count). The molecule has 0 radical (unpaired) electrons. The SMILES string of the molecule is O=C(NC[C@H]1CCCO1)c1[nH]c2ccccc2c1Sc1ccc(Cl)cc1. The summed E-state index contributed by atoms with van der Waals surface area (Å²) in [5.41, 5.74) is 1.54. The number of rotatable bonds is 5. The average Bonchev–Trinajstić information content (AvgIpc) is 3.30. The molecule has 26 heavy (non-hydrogen) atoms. The van der Waals surface area contributed by atoms with Gasteiger partial charge in [0.25, 0.3) is 5.91 Å². The third kappa shape index (κ3) is 3.75. The van der Waals surface area contributed by atoms with Gasteiger partial charge in [0.1, 0.15) is 5.69 Å². The van der Waals surface area contributed by atoms with E-state index >= 15 is 0 Å². The maximum atomic E-state index is 12.8. The summed E-state index contributed by atoms with van der Waals surface area (Å²) in [6.07, 6.45) is 2.18. The highest BCUT2D eigenvalue weighted by Gasteiger charge is 2.21. The molecule has 2 heterocycles. The number of amides is 1. The van der Waals surface area contributed by atoms with Gasteiger partial charge in [-0.25, -0.2) is 0 Å². The number of H-pyrrole nitrogens is 1. The second-order valence-electron chi connectivity index (χ2n) is 6.28. The number of carbonyl (C=O) groups is 1. The molecule has 0 aliphatic carbocycles. The number of para-hydroxylation sites is 1. The van der Waals surface area contributed by atoms with Gasteiger partial charge in [0.2, 0.25) is 0 Å². The Labute approximate surface area is 161 Å². The van der Waals surface area contributed by atoms with Crippen molar-refractivity contribution >= 4 is 40.2 Å². The van der Waals surface area contributed by atoms with Crippen molar-refractivity contribution in [3.8, 4) is 0 Å². The van der Waals surface area contributed by atoms with Crippen molar-refractivity contribution in [2.24, 2.45) is 0 Å². The third-order valence-corrected chi connectivity index (χ3v) is 5.82. The van der Waals surface area contributed by atoms with Gasteiger partial charge in [0.05, 0.1) is 11.0 Å². The minimum absolute atomic E-state index is 0.104. The number of nitrogens with one attached hydrogen (secondary N) is 2. The van der Waals surface area contributed by atoms with Gasteiger partial charge in [-0.05, 0) is 43.2 Å². The van der Waals surface area contributed by atoms with Crippen molar-refractivity contribution in [2.45, 2.75) is 28.7 Å². The molecular formula is C20H19ClN2O2S. The molecule has 0 saturated carbocycles. The molecule has 2 N–H and O–H groups in total. The number of aromatic amines is 1. The van der Waals surface area contributed by atoms with Crippen LogP contribution >= 0.6 is 23.4 Å². The number of aromatic nitrogens is 1. The first-order valence-corrected chi connectivity index (χ1v) is 9.84. The van der Waals surface area contributed by atoms with E-state index in [1.54, 1.807) is 11.8 Å². The molecular weight excluding hydrogens is 368 g/mol. The van der Waals surface area contributed by atoms with Crippen molar-refractivity contribution in [1.29, 1.82) is 0 Å². The lowest BCUT2D eigenvalue weighted by Gasteiger charge is -2.11. The first kappa shape index (κ1) is 17.5. The fourth-order valence-corrected chi connectivity index (χ4v) is 4.27. The van der Waals surface area contributed by atoms with Crippen LogP contribution in [0, 0.1) is 0 Å². The molecule has 1 aromatic heterocycles. The quantitative estimate of drug-likeness (QED) is 0.657. The van der Waals surface area contributed by atoms with E-state index in [9.17, 15) is 4.79 Å². The summed E-state index contributed by atoms with van der Waals surface area (Å²) in [4.78, 5) is 18.0. The predicted molar refractivity (Wildman–Crippen MR) is 105 cm³/mol. The number of carbonyl (C=O) groups excluding carboxylic acids is 1. The largest absolute Gasteiger partial charge is 0.376 e. The lowest BCUT2D eigenvalue weighted by molar-refractivity contribution is 0.0852. The second-order valence-corrected chi connectivity index (χ2v) is 7.80. The van der Waals surface area contributed by atoms with Crippen LogP contribution in [-0.2, 0) is 4.74 Å². The van der Waals surface area contributed by atoms with Crippen LogP contribution in [0.25, 0.3) is 10.9 Å². The lowest BCUT2D eigenvalue weighted by atomic mass is 10.2. The average molecular weight is 387 g/mol. The number of benzene rings is 2. The van der Waals surface area contributed by atoms with Gasteiger partial charge in [0.15, 0.2) is 0 Å². The molecule has 1 atom stereocenters. The summed E-state index contributed by atoms with van der Waals surface area (Å²) < 4.78 is 5.59. The minimum atomic E-state index is -0.104. The van der Waals surface area contributed by atoms with Crippen LogP contribution in [0.5, 0.6) is 0 Å². The first-order chi connectivity index (χ1) is 12.7. The zero-order valence-electron chi connectivity index (χ0n) is 14.1. The van der Waals surface area contributed by atoms with Crippen LogP contribution in [0.1, 0.15) is 23.3 Å². The minimum Gasteiger partial charge on any atom is -0.376 e. The van der Waals surface area contributed by atoms with E-state index < -0.39 is 0 Å². The Morgan fingerprint density at radius 1 is 1.23 bits per heavy atom. The first-order valence-electron chi connectivity index (χ1n) is 8.64.